The Bertz CT molecular complexity index is 558. The molecule has 0 aliphatic rings. The highest BCUT2D eigenvalue weighted by Gasteiger charge is 2.17. The van der Waals surface area contributed by atoms with Crippen LogP contribution in [0.1, 0.15) is 123 Å². The Morgan fingerprint density at radius 1 is 0.607 bits per heavy atom. The molecule has 1 aromatic carbocycles. The molecular weight excluding hydrogens is 348 g/mol. The molecule has 0 fully saturated rings. The van der Waals surface area contributed by atoms with Crippen LogP contribution in [0.2, 0.25) is 0 Å². The van der Waals surface area contributed by atoms with Crippen molar-refractivity contribution in [3.05, 3.63) is 34.4 Å². The Hall–Kier alpha value is -1.84. The molecule has 0 bridgehead atoms. The zero-order valence-electron chi connectivity index (χ0n) is 18.0. The van der Waals surface area contributed by atoms with Gasteiger partial charge in [0.1, 0.15) is 0 Å². The molecule has 1 aromatic rings. The number of hydrogen-bond donors (Lipinski definition) is 2. The minimum atomic E-state index is -0.580. The molecule has 0 aromatic heterocycles. The van der Waals surface area contributed by atoms with Gasteiger partial charge in [0.05, 0.1) is 11.1 Å². The van der Waals surface area contributed by atoms with E-state index in [4.69, 9.17) is 11.5 Å². The van der Waals surface area contributed by atoms with Gasteiger partial charge in [-0.1, -0.05) is 78.1 Å². The first-order valence-electron chi connectivity index (χ1n) is 11.3. The first kappa shape index (κ1) is 24.2. The fourth-order valence-electron chi connectivity index (χ4n) is 3.75. The third-order valence-corrected chi connectivity index (χ3v) is 5.47. The van der Waals surface area contributed by atoms with E-state index in [-0.39, 0.29) is 11.1 Å². The number of carbonyl (C=O) groups is 2. The molecule has 2 amide bonds. The van der Waals surface area contributed by atoms with Crippen LogP contribution >= 0.6 is 0 Å². The smallest absolute Gasteiger partial charge is 0.249 e. The maximum atomic E-state index is 11.8. The summed E-state index contributed by atoms with van der Waals surface area (Å²) in [5, 5.41) is 0. The Labute approximate surface area is 171 Å². The maximum Gasteiger partial charge on any atom is 0.249 e. The van der Waals surface area contributed by atoms with Crippen LogP contribution in [-0.4, -0.2) is 11.8 Å². The van der Waals surface area contributed by atoms with Crippen LogP contribution in [0, 0.1) is 0 Å². The molecule has 1 rings (SSSR count). The second-order valence-electron chi connectivity index (χ2n) is 7.93. The molecule has 0 aliphatic carbocycles. The summed E-state index contributed by atoms with van der Waals surface area (Å²) in [6.07, 6.45) is 16.6. The van der Waals surface area contributed by atoms with E-state index in [0.29, 0.717) is 0 Å². The van der Waals surface area contributed by atoms with Crippen molar-refractivity contribution in [3.63, 3.8) is 0 Å². The Morgan fingerprint density at radius 2 is 0.929 bits per heavy atom. The van der Waals surface area contributed by atoms with Crippen molar-refractivity contribution in [1.82, 2.24) is 0 Å². The standard InChI is InChI=1S/C24H40N2O2/c1-3-5-7-9-11-13-15-19-17-21(23(25)27)22(24(26)28)18-20(19)16-14-12-10-8-6-4-2/h17-18H,3-16H2,1-2H3,(H2,25,27)(H2,26,28). The second kappa shape index (κ2) is 14.2. The van der Waals surface area contributed by atoms with Gasteiger partial charge >= 0.3 is 0 Å². The van der Waals surface area contributed by atoms with E-state index in [9.17, 15) is 9.59 Å². The summed E-state index contributed by atoms with van der Waals surface area (Å²) in [6.45, 7) is 4.44. The molecule has 0 aliphatic heterocycles. The molecule has 0 spiro atoms. The van der Waals surface area contributed by atoms with Crippen molar-refractivity contribution >= 4 is 11.8 Å². The maximum absolute atomic E-state index is 11.8. The first-order valence-corrected chi connectivity index (χ1v) is 11.3. The van der Waals surface area contributed by atoms with Crippen LogP contribution in [0.3, 0.4) is 0 Å². The highest BCUT2D eigenvalue weighted by atomic mass is 16.2. The fourth-order valence-corrected chi connectivity index (χ4v) is 3.75. The van der Waals surface area contributed by atoms with E-state index in [1.165, 1.54) is 64.2 Å². The minimum Gasteiger partial charge on any atom is -0.366 e. The summed E-state index contributed by atoms with van der Waals surface area (Å²) in [6, 6.07) is 3.64. The number of nitrogens with two attached hydrogens (primary N) is 2. The summed E-state index contributed by atoms with van der Waals surface area (Å²) >= 11 is 0. The van der Waals surface area contributed by atoms with Crippen molar-refractivity contribution in [1.29, 1.82) is 0 Å². The number of hydrogen-bond acceptors (Lipinski definition) is 2. The van der Waals surface area contributed by atoms with Crippen LogP contribution in [0.4, 0.5) is 0 Å². The molecule has 158 valence electrons. The predicted molar refractivity (Wildman–Crippen MR) is 118 cm³/mol. The van der Waals surface area contributed by atoms with Gasteiger partial charge in [0.2, 0.25) is 11.8 Å². The summed E-state index contributed by atoms with van der Waals surface area (Å²) in [7, 11) is 0. The first-order chi connectivity index (χ1) is 13.5. The largest absolute Gasteiger partial charge is 0.366 e. The molecule has 4 heteroatoms. The van der Waals surface area contributed by atoms with Crippen LogP contribution < -0.4 is 11.5 Å². The molecule has 4 N–H and O–H groups in total. The summed E-state index contributed by atoms with van der Waals surface area (Å²) in [4.78, 5) is 23.6. The van der Waals surface area contributed by atoms with Gasteiger partial charge in [0.25, 0.3) is 0 Å². The summed E-state index contributed by atoms with van der Waals surface area (Å²) in [5.41, 5.74) is 13.8. The SMILES string of the molecule is CCCCCCCCc1cc(C(N)=O)c(C(N)=O)cc1CCCCCCCC. The lowest BCUT2D eigenvalue weighted by Crippen LogP contribution is -2.21. The molecule has 28 heavy (non-hydrogen) atoms. The lowest BCUT2D eigenvalue weighted by Gasteiger charge is -2.14. The average Bonchev–Trinajstić information content (AvgIpc) is 2.67. The van der Waals surface area contributed by atoms with Gasteiger partial charge in [0, 0.05) is 0 Å². The van der Waals surface area contributed by atoms with Gasteiger partial charge in [-0.05, 0) is 48.9 Å². The van der Waals surface area contributed by atoms with E-state index in [1.807, 2.05) is 12.1 Å². The number of rotatable bonds is 16. The van der Waals surface area contributed by atoms with Crippen LogP contribution in [-0.2, 0) is 12.8 Å². The van der Waals surface area contributed by atoms with Gasteiger partial charge in [-0.2, -0.15) is 0 Å². The quantitative estimate of drug-likeness (QED) is 0.356. The highest BCUT2D eigenvalue weighted by Crippen LogP contribution is 2.22. The van der Waals surface area contributed by atoms with E-state index >= 15 is 0 Å². The fraction of sp³-hybridized carbons (Fsp3) is 0.667. The van der Waals surface area contributed by atoms with E-state index in [2.05, 4.69) is 13.8 Å². The third kappa shape index (κ3) is 8.90. The number of carbonyl (C=O) groups excluding carboxylic acids is 2. The average molecular weight is 389 g/mol. The molecule has 0 saturated carbocycles. The molecular formula is C24H40N2O2. The number of primary amides is 2. The van der Waals surface area contributed by atoms with Gasteiger partial charge in [0.15, 0.2) is 0 Å². The van der Waals surface area contributed by atoms with Crippen molar-refractivity contribution in [2.24, 2.45) is 11.5 Å². The van der Waals surface area contributed by atoms with Crippen molar-refractivity contribution < 1.29 is 9.59 Å². The minimum absolute atomic E-state index is 0.264. The summed E-state index contributed by atoms with van der Waals surface area (Å²) in [5.74, 6) is -1.16. The molecule has 0 radical (unpaired) electrons. The Morgan fingerprint density at radius 3 is 1.25 bits per heavy atom. The number of unbranched alkanes of at least 4 members (excludes halogenated alkanes) is 10. The lowest BCUT2D eigenvalue weighted by molar-refractivity contribution is 0.0967. The van der Waals surface area contributed by atoms with Gasteiger partial charge in [-0.25, -0.2) is 0 Å². The van der Waals surface area contributed by atoms with Crippen molar-refractivity contribution in [2.45, 2.75) is 104 Å². The van der Waals surface area contributed by atoms with Gasteiger partial charge < -0.3 is 11.5 Å². The van der Waals surface area contributed by atoms with Gasteiger partial charge in [-0.3, -0.25) is 9.59 Å². The predicted octanol–water partition coefficient (Wildman–Crippen LogP) is 5.69. The molecule has 0 unspecified atom stereocenters. The Balaban J connectivity index is 2.81. The monoisotopic (exact) mass is 388 g/mol. The lowest BCUT2D eigenvalue weighted by atomic mass is 9.91. The zero-order valence-corrected chi connectivity index (χ0v) is 18.0. The topological polar surface area (TPSA) is 86.2 Å². The van der Waals surface area contributed by atoms with Crippen LogP contribution in [0.5, 0.6) is 0 Å². The van der Waals surface area contributed by atoms with Crippen molar-refractivity contribution in [2.75, 3.05) is 0 Å². The van der Waals surface area contributed by atoms with Crippen LogP contribution in [0.15, 0.2) is 12.1 Å². The number of benzene rings is 1. The summed E-state index contributed by atoms with van der Waals surface area (Å²) < 4.78 is 0. The van der Waals surface area contributed by atoms with E-state index in [1.54, 1.807) is 0 Å². The van der Waals surface area contributed by atoms with E-state index < -0.39 is 11.8 Å². The number of amides is 2. The number of aryl methyl sites for hydroxylation is 2. The normalized spacial score (nSPS) is 10.9. The molecule has 0 heterocycles. The van der Waals surface area contributed by atoms with Crippen LogP contribution in [0.25, 0.3) is 0 Å². The molecule has 0 saturated heterocycles. The Kier molecular flexibility index (Phi) is 12.3. The highest BCUT2D eigenvalue weighted by molar-refractivity contribution is 6.06. The zero-order chi connectivity index (χ0) is 20.8. The molecule has 0 atom stereocenters. The molecule has 4 nitrogen and oxygen atoms in total. The second-order valence-corrected chi connectivity index (χ2v) is 7.93. The third-order valence-electron chi connectivity index (χ3n) is 5.47. The van der Waals surface area contributed by atoms with Gasteiger partial charge in [-0.15, -0.1) is 0 Å². The van der Waals surface area contributed by atoms with E-state index in [0.717, 1.165) is 36.8 Å². The van der Waals surface area contributed by atoms with Crippen molar-refractivity contribution in [3.8, 4) is 0 Å².